The Morgan fingerprint density at radius 1 is 1.24 bits per heavy atom. The second-order valence-corrected chi connectivity index (χ2v) is 7.83. The first kappa shape index (κ1) is 17.7. The topological polar surface area (TPSA) is 89.3 Å². The lowest BCUT2D eigenvalue weighted by atomic mass is 9.77. The maximum atomic E-state index is 12.4. The van der Waals surface area contributed by atoms with Crippen molar-refractivity contribution in [2.24, 2.45) is 16.5 Å². The predicted molar refractivity (Wildman–Crippen MR) is 84.3 cm³/mol. The van der Waals surface area contributed by atoms with Crippen LogP contribution in [0.1, 0.15) is 40.5 Å². The van der Waals surface area contributed by atoms with E-state index in [0.29, 0.717) is 5.69 Å². The Balaban J connectivity index is 2.87. The van der Waals surface area contributed by atoms with Gasteiger partial charge >= 0.3 is 0 Å². The van der Waals surface area contributed by atoms with Gasteiger partial charge in [0, 0.05) is 11.6 Å². The Morgan fingerprint density at radius 2 is 1.76 bits per heavy atom. The van der Waals surface area contributed by atoms with E-state index in [4.69, 9.17) is 5.14 Å². The molecule has 0 aliphatic carbocycles. The molecule has 0 radical (unpaired) electrons. The lowest BCUT2D eigenvalue weighted by Crippen LogP contribution is -2.33. The number of hydrogen-bond donors (Lipinski definition) is 2. The largest absolute Gasteiger partial charge is 0.326 e. The maximum absolute atomic E-state index is 12.4. The molecule has 0 aromatic heterocycles. The fourth-order valence-corrected chi connectivity index (χ4v) is 2.72. The Morgan fingerprint density at radius 3 is 2.14 bits per heavy atom. The van der Waals surface area contributed by atoms with Crippen molar-refractivity contribution in [3.8, 4) is 0 Å². The van der Waals surface area contributed by atoms with Crippen LogP contribution >= 0.6 is 0 Å². The van der Waals surface area contributed by atoms with Gasteiger partial charge in [-0.15, -0.1) is 0 Å². The first-order chi connectivity index (χ1) is 9.55. The van der Waals surface area contributed by atoms with Crippen molar-refractivity contribution in [1.29, 1.82) is 0 Å². The molecule has 0 saturated heterocycles. The molecule has 0 heterocycles. The van der Waals surface area contributed by atoms with Crippen LogP contribution in [0.5, 0.6) is 0 Å². The molecule has 0 bridgehead atoms. The van der Waals surface area contributed by atoms with Crippen LogP contribution in [0.25, 0.3) is 0 Å². The summed E-state index contributed by atoms with van der Waals surface area (Å²) in [4.78, 5) is 12.4. The molecule has 5 nitrogen and oxygen atoms in total. The van der Waals surface area contributed by atoms with Gasteiger partial charge in [0.25, 0.3) is 0 Å². The third-order valence-electron chi connectivity index (χ3n) is 3.39. The summed E-state index contributed by atoms with van der Waals surface area (Å²) < 4.78 is 22.4. The van der Waals surface area contributed by atoms with Gasteiger partial charge in [-0.2, -0.15) is 0 Å². The number of sulfonamides is 1. The van der Waals surface area contributed by atoms with Crippen molar-refractivity contribution in [1.82, 2.24) is 0 Å². The number of benzene rings is 1. The molecule has 0 fully saturated rings. The summed E-state index contributed by atoms with van der Waals surface area (Å²) in [5.74, 6) is -0.145. The summed E-state index contributed by atoms with van der Waals surface area (Å²) in [6.45, 7) is 8.16. The molecule has 1 atom stereocenters. The third-order valence-corrected chi connectivity index (χ3v) is 4.32. The number of rotatable bonds is 5. The molecule has 1 aromatic rings. The molecule has 1 aromatic carbocycles. The van der Waals surface area contributed by atoms with Gasteiger partial charge in [-0.3, -0.25) is 4.79 Å². The lowest BCUT2D eigenvalue weighted by Gasteiger charge is -2.29. The van der Waals surface area contributed by atoms with Crippen LogP contribution in [-0.4, -0.2) is 14.3 Å². The van der Waals surface area contributed by atoms with E-state index in [1.165, 1.54) is 12.1 Å². The van der Waals surface area contributed by atoms with E-state index in [2.05, 4.69) is 5.32 Å². The summed E-state index contributed by atoms with van der Waals surface area (Å²) in [5.41, 5.74) is 0.443. The Hall–Kier alpha value is -1.40. The van der Waals surface area contributed by atoms with Crippen molar-refractivity contribution < 1.29 is 13.2 Å². The highest BCUT2D eigenvalue weighted by atomic mass is 32.2. The standard InChI is InChI=1S/C15H24N2O3S/c1-5-6-13(15(2,3)4)14(18)17-11-7-9-12(10-8-11)21(16,19)20/h7-10,13H,5-6H2,1-4H3,(H,17,18)(H2,16,19,20)/t13-/m1/s1. The SMILES string of the molecule is CCC[C@H](C(=O)Nc1ccc(S(N)(=O)=O)cc1)C(C)(C)C. The Kier molecular flexibility index (Phi) is 5.53. The molecule has 0 unspecified atom stereocenters. The molecule has 0 aliphatic heterocycles. The molecule has 1 rings (SSSR count). The molecule has 1 amide bonds. The van der Waals surface area contributed by atoms with Crippen molar-refractivity contribution in [3.63, 3.8) is 0 Å². The normalized spacial score (nSPS) is 13.8. The quantitative estimate of drug-likeness (QED) is 0.876. The van der Waals surface area contributed by atoms with Crippen LogP contribution in [0.15, 0.2) is 29.2 Å². The highest BCUT2D eigenvalue weighted by molar-refractivity contribution is 7.89. The number of carbonyl (C=O) groups is 1. The van der Waals surface area contributed by atoms with Gasteiger partial charge in [-0.05, 0) is 36.1 Å². The molecular formula is C15H24N2O3S. The van der Waals surface area contributed by atoms with Crippen LogP contribution in [0.3, 0.4) is 0 Å². The zero-order chi connectivity index (χ0) is 16.3. The number of nitrogens with one attached hydrogen (secondary N) is 1. The minimum atomic E-state index is -3.71. The van der Waals surface area contributed by atoms with E-state index in [0.717, 1.165) is 12.8 Å². The van der Waals surface area contributed by atoms with Gasteiger partial charge < -0.3 is 5.32 Å². The van der Waals surface area contributed by atoms with Crippen molar-refractivity contribution in [3.05, 3.63) is 24.3 Å². The zero-order valence-corrected chi connectivity index (χ0v) is 13.8. The second kappa shape index (κ2) is 6.58. The van der Waals surface area contributed by atoms with Crippen LogP contribution in [0.4, 0.5) is 5.69 Å². The average Bonchev–Trinajstić information content (AvgIpc) is 2.34. The molecule has 3 N–H and O–H groups in total. The summed E-state index contributed by atoms with van der Waals surface area (Å²) in [5, 5.41) is 7.88. The smallest absolute Gasteiger partial charge is 0.238 e. The number of anilines is 1. The van der Waals surface area contributed by atoms with Gasteiger partial charge in [0.1, 0.15) is 0 Å². The highest BCUT2D eigenvalue weighted by Gasteiger charge is 2.30. The minimum Gasteiger partial charge on any atom is -0.326 e. The van der Waals surface area contributed by atoms with E-state index in [9.17, 15) is 13.2 Å². The van der Waals surface area contributed by atoms with E-state index in [1.807, 2.05) is 27.7 Å². The fourth-order valence-electron chi connectivity index (χ4n) is 2.20. The molecule has 0 aliphatic rings. The van der Waals surface area contributed by atoms with Gasteiger partial charge in [0.05, 0.1) is 4.90 Å². The Bertz CT molecular complexity index is 586. The van der Waals surface area contributed by atoms with Gasteiger partial charge in [-0.25, -0.2) is 13.6 Å². The first-order valence-corrected chi connectivity index (χ1v) is 8.54. The summed E-state index contributed by atoms with van der Waals surface area (Å²) in [6, 6.07) is 5.86. The minimum absolute atomic E-state index is 0.0291. The molecule has 21 heavy (non-hydrogen) atoms. The average molecular weight is 312 g/mol. The molecule has 118 valence electrons. The molecule has 0 spiro atoms. The van der Waals surface area contributed by atoms with Crippen molar-refractivity contribution >= 4 is 21.6 Å². The monoisotopic (exact) mass is 312 g/mol. The van der Waals surface area contributed by atoms with E-state index >= 15 is 0 Å². The number of amides is 1. The summed E-state index contributed by atoms with van der Waals surface area (Å²) in [7, 11) is -3.71. The number of nitrogens with two attached hydrogens (primary N) is 1. The lowest BCUT2D eigenvalue weighted by molar-refractivity contribution is -0.123. The van der Waals surface area contributed by atoms with Gasteiger partial charge in [0.2, 0.25) is 15.9 Å². The summed E-state index contributed by atoms with van der Waals surface area (Å²) in [6.07, 6.45) is 1.74. The maximum Gasteiger partial charge on any atom is 0.238 e. The number of primary sulfonamides is 1. The van der Waals surface area contributed by atoms with Crippen molar-refractivity contribution in [2.45, 2.75) is 45.4 Å². The molecule has 0 saturated carbocycles. The van der Waals surface area contributed by atoms with Crippen LogP contribution in [0.2, 0.25) is 0 Å². The predicted octanol–water partition coefficient (Wildman–Crippen LogP) is 2.73. The van der Waals surface area contributed by atoms with Crippen LogP contribution < -0.4 is 10.5 Å². The van der Waals surface area contributed by atoms with Crippen LogP contribution in [-0.2, 0) is 14.8 Å². The highest BCUT2D eigenvalue weighted by Crippen LogP contribution is 2.31. The number of hydrogen-bond acceptors (Lipinski definition) is 3. The van der Waals surface area contributed by atoms with E-state index in [-0.39, 0.29) is 22.1 Å². The van der Waals surface area contributed by atoms with E-state index in [1.54, 1.807) is 12.1 Å². The summed E-state index contributed by atoms with van der Waals surface area (Å²) >= 11 is 0. The first-order valence-electron chi connectivity index (χ1n) is 6.99. The molecular weight excluding hydrogens is 288 g/mol. The van der Waals surface area contributed by atoms with Crippen LogP contribution in [0, 0.1) is 11.3 Å². The van der Waals surface area contributed by atoms with E-state index < -0.39 is 10.0 Å². The second-order valence-electron chi connectivity index (χ2n) is 6.27. The number of carbonyl (C=O) groups excluding carboxylic acids is 1. The van der Waals surface area contributed by atoms with Gasteiger partial charge in [0.15, 0.2) is 0 Å². The molecule has 6 heteroatoms. The van der Waals surface area contributed by atoms with Gasteiger partial charge in [-0.1, -0.05) is 34.1 Å². The van der Waals surface area contributed by atoms with Crippen molar-refractivity contribution in [2.75, 3.05) is 5.32 Å². The third kappa shape index (κ3) is 5.13. The zero-order valence-electron chi connectivity index (χ0n) is 13.0. The Labute approximate surface area is 127 Å². The fraction of sp³-hybridized carbons (Fsp3) is 0.533.